The maximum atomic E-state index is 12.2. The predicted octanol–water partition coefficient (Wildman–Crippen LogP) is 2.52. The third kappa shape index (κ3) is 5.27. The van der Waals surface area contributed by atoms with Gasteiger partial charge in [0.1, 0.15) is 5.82 Å². The summed E-state index contributed by atoms with van der Waals surface area (Å²) in [5.74, 6) is -0.204. The average molecular weight is 357 g/mol. The Labute approximate surface area is 151 Å². The molecule has 0 aliphatic rings. The Hall–Kier alpha value is -2.96. The molecule has 0 bridgehead atoms. The van der Waals surface area contributed by atoms with E-state index in [1.807, 2.05) is 6.92 Å². The first-order valence-corrected chi connectivity index (χ1v) is 8.54. The Balaban J connectivity index is 1.97. The number of nitrogens with one attached hydrogen (secondary N) is 2. The number of unbranched alkanes of at least 4 members (excludes halogenated alkanes) is 1. The van der Waals surface area contributed by atoms with Crippen LogP contribution in [-0.2, 0) is 16.0 Å². The van der Waals surface area contributed by atoms with Crippen molar-refractivity contribution in [3.8, 4) is 0 Å². The molecule has 2 N–H and O–H groups in total. The van der Waals surface area contributed by atoms with Crippen LogP contribution in [-0.4, -0.2) is 28.5 Å². The summed E-state index contributed by atoms with van der Waals surface area (Å²) >= 11 is 0. The van der Waals surface area contributed by atoms with Crippen LogP contribution in [0.5, 0.6) is 0 Å². The number of benzene rings is 1. The highest BCUT2D eigenvalue weighted by atomic mass is 16.5. The van der Waals surface area contributed by atoms with Crippen LogP contribution >= 0.6 is 0 Å². The van der Waals surface area contributed by atoms with E-state index in [0.29, 0.717) is 34.9 Å². The number of aryl methyl sites for hydroxylation is 2. The summed E-state index contributed by atoms with van der Waals surface area (Å²) in [4.78, 5) is 42.7. The lowest BCUT2D eigenvalue weighted by molar-refractivity contribution is -0.115. The summed E-state index contributed by atoms with van der Waals surface area (Å²) in [6.07, 6.45) is 1.71. The fourth-order valence-corrected chi connectivity index (χ4v) is 2.41. The second-order valence-electron chi connectivity index (χ2n) is 6.01. The molecule has 0 aliphatic carbocycles. The van der Waals surface area contributed by atoms with Crippen molar-refractivity contribution in [3.63, 3.8) is 0 Å². The maximum absolute atomic E-state index is 12.2. The Bertz CT molecular complexity index is 841. The van der Waals surface area contributed by atoms with Crippen LogP contribution in [0.4, 0.5) is 5.69 Å². The zero-order valence-corrected chi connectivity index (χ0v) is 15.2. The van der Waals surface area contributed by atoms with Crippen molar-refractivity contribution in [1.29, 1.82) is 0 Å². The van der Waals surface area contributed by atoms with Gasteiger partial charge in [-0.2, -0.15) is 0 Å². The van der Waals surface area contributed by atoms with E-state index in [1.165, 1.54) is 0 Å². The Morgan fingerprint density at radius 3 is 2.50 bits per heavy atom. The van der Waals surface area contributed by atoms with E-state index in [9.17, 15) is 14.4 Å². The molecule has 0 spiro atoms. The van der Waals surface area contributed by atoms with E-state index in [2.05, 4.69) is 15.3 Å². The molecule has 1 heterocycles. The molecule has 26 heavy (non-hydrogen) atoms. The van der Waals surface area contributed by atoms with E-state index < -0.39 is 0 Å². The van der Waals surface area contributed by atoms with Gasteiger partial charge in [-0.1, -0.05) is 13.3 Å². The molecule has 2 rings (SSSR count). The van der Waals surface area contributed by atoms with Crippen molar-refractivity contribution >= 4 is 17.6 Å². The van der Waals surface area contributed by atoms with Crippen LogP contribution < -0.4 is 10.9 Å². The lowest BCUT2D eigenvalue weighted by Crippen LogP contribution is -2.24. The zero-order valence-electron chi connectivity index (χ0n) is 15.2. The lowest BCUT2D eigenvalue weighted by atomic mass is 10.1. The molecule has 2 aromatic rings. The first-order valence-electron chi connectivity index (χ1n) is 8.54. The summed E-state index contributed by atoms with van der Waals surface area (Å²) < 4.78 is 5.13. The first-order chi connectivity index (χ1) is 12.4. The molecular weight excluding hydrogens is 334 g/mol. The minimum Gasteiger partial charge on any atom is -0.462 e. The summed E-state index contributed by atoms with van der Waals surface area (Å²) in [5, 5.41) is 2.71. The van der Waals surface area contributed by atoms with Crippen LogP contribution in [0.25, 0.3) is 0 Å². The second kappa shape index (κ2) is 8.94. The fraction of sp³-hybridized carbons (Fsp3) is 0.368. The minimum absolute atomic E-state index is 0.0741. The zero-order chi connectivity index (χ0) is 19.1. The van der Waals surface area contributed by atoms with Gasteiger partial charge in [-0.15, -0.1) is 0 Å². The molecule has 1 amide bonds. The number of anilines is 1. The molecule has 0 aliphatic heterocycles. The van der Waals surface area contributed by atoms with Gasteiger partial charge in [0, 0.05) is 16.9 Å². The average Bonchev–Trinajstić information content (AvgIpc) is 2.59. The molecule has 0 unspecified atom stereocenters. The topological polar surface area (TPSA) is 101 Å². The molecule has 0 radical (unpaired) electrons. The molecule has 1 aromatic carbocycles. The molecule has 0 atom stereocenters. The number of H-pyrrole nitrogens is 1. The van der Waals surface area contributed by atoms with Crippen molar-refractivity contribution in [3.05, 3.63) is 57.3 Å². The van der Waals surface area contributed by atoms with Gasteiger partial charge in [-0.05, 0) is 44.5 Å². The van der Waals surface area contributed by atoms with Gasteiger partial charge >= 0.3 is 5.97 Å². The Kier molecular flexibility index (Phi) is 6.66. The number of carbonyl (C=O) groups excluding carboxylic acids is 2. The van der Waals surface area contributed by atoms with Crippen molar-refractivity contribution in [2.75, 3.05) is 11.9 Å². The largest absolute Gasteiger partial charge is 0.462 e. The van der Waals surface area contributed by atoms with Gasteiger partial charge < -0.3 is 15.0 Å². The van der Waals surface area contributed by atoms with Gasteiger partial charge in [-0.25, -0.2) is 9.78 Å². The summed E-state index contributed by atoms with van der Waals surface area (Å²) in [7, 11) is 0. The first kappa shape index (κ1) is 19.4. The molecule has 7 nitrogen and oxygen atoms in total. The van der Waals surface area contributed by atoms with Crippen LogP contribution in [0.3, 0.4) is 0 Å². The summed E-state index contributed by atoms with van der Waals surface area (Å²) in [5.41, 5.74) is 1.52. The number of hydrogen-bond acceptors (Lipinski definition) is 5. The molecule has 0 fully saturated rings. The van der Waals surface area contributed by atoms with E-state index in [0.717, 1.165) is 12.8 Å². The number of nitrogens with zero attached hydrogens (tertiary/aromatic N) is 1. The SMILES string of the molecule is CCCCOC(=O)c1ccc(NC(=O)Cc2c(C)nc(C)[nH]c2=O)cc1. The van der Waals surface area contributed by atoms with Gasteiger partial charge in [0.25, 0.3) is 5.56 Å². The number of esters is 1. The van der Waals surface area contributed by atoms with E-state index >= 15 is 0 Å². The van der Waals surface area contributed by atoms with Gasteiger partial charge in [-0.3, -0.25) is 9.59 Å². The predicted molar refractivity (Wildman–Crippen MR) is 98.3 cm³/mol. The highest BCUT2D eigenvalue weighted by Crippen LogP contribution is 2.12. The molecule has 7 heteroatoms. The highest BCUT2D eigenvalue weighted by molar-refractivity contribution is 5.94. The molecule has 138 valence electrons. The number of carbonyl (C=O) groups is 2. The van der Waals surface area contributed by atoms with Crippen molar-refractivity contribution in [2.45, 2.75) is 40.0 Å². The van der Waals surface area contributed by atoms with E-state index in [-0.39, 0.29) is 23.9 Å². The second-order valence-corrected chi connectivity index (χ2v) is 6.01. The van der Waals surface area contributed by atoms with Gasteiger partial charge in [0.05, 0.1) is 18.6 Å². The summed E-state index contributed by atoms with van der Waals surface area (Å²) in [6, 6.07) is 6.43. The number of hydrogen-bond donors (Lipinski definition) is 2. The van der Waals surface area contributed by atoms with Gasteiger partial charge in [0.15, 0.2) is 0 Å². The van der Waals surface area contributed by atoms with Gasteiger partial charge in [0.2, 0.25) is 5.91 Å². The highest BCUT2D eigenvalue weighted by Gasteiger charge is 2.13. The quantitative estimate of drug-likeness (QED) is 0.586. The minimum atomic E-state index is -0.385. The fourth-order valence-electron chi connectivity index (χ4n) is 2.41. The van der Waals surface area contributed by atoms with Crippen LogP contribution in [0.1, 0.15) is 47.2 Å². The van der Waals surface area contributed by atoms with E-state index in [4.69, 9.17) is 4.74 Å². The normalized spacial score (nSPS) is 10.4. The lowest BCUT2D eigenvalue weighted by Gasteiger charge is -2.08. The number of rotatable bonds is 7. The van der Waals surface area contributed by atoms with Crippen LogP contribution in [0.15, 0.2) is 29.1 Å². The standard InChI is InChI=1S/C19H23N3O4/c1-4-5-10-26-19(25)14-6-8-15(9-7-14)22-17(23)11-16-12(2)20-13(3)21-18(16)24/h6-9H,4-5,10-11H2,1-3H3,(H,22,23)(H,20,21,24). The Morgan fingerprint density at radius 2 is 1.88 bits per heavy atom. The van der Waals surface area contributed by atoms with E-state index in [1.54, 1.807) is 38.1 Å². The molecule has 0 saturated heterocycles. The van der Waals surface area contributed by atoms with Crippen molar-refractivity contribution in [2.24, 2.45) is 0 Å². The molecular formula is C19H23N3O4. The number of ether oxygens (including phenoxy) is 1. The number of aromatic nitrogens is 2. The van der Waals surface area contributed by atoms with Crippen molar-refractivity contribution in [1.82, 2.24) is 9.97 Å². The maximum Gasteiger partial charge on any atom is 0.338 e. The van der Waals surface area contributed by atoms with Crippen LogP contribution in [0.2, 0.25) is 0 Å². The Morgan fingerprint density at radius 1 is 1.19 bits per heavy atom. The smallest absolute Gasteiger partial charge is 0.338 e. The molecule has 1 aromatic heterocycles. The monoisotopic (exact) mass is 357 g/mol. The third-order valence-corrected chi connectivity index (χ3v) is 3.81. The summed E-state index contributed by atoms with van der Waals surface area (Å²) in [6.45, 7) is 5.80. The third-order valence-electron chi connectivity index (χ3n) is 3.81. The van der Waals surface area contributed by atoms with Crippen molar-refractivity contribution < 1.29 is 14.3 Å². The number of amides is 1. The molecule has 0 saturated carbocycles. The van der Waals surface area contributed by atoms with Crippen LogP contribution in [0, 0.1) is 13.8 Å². The number of aromatic amines is 1.